The molecule has 49 heavy (non-hydrogen) atoms. The summed E-state index contributed by atoms with van der Waals surface area (Å²) in [6.07, 6.45) is 46.3. The molecule has 285 valence electrons. The van der Waals surface area contributed by atoms with Crippen LogP contribution in [0.1, 0.15) is 213 Å². The number of hydrogen-bond acceptors (Lipinski definition) is 3. The average Bonchev–Trinajstić information content (AvgIpc) is 3.05. The van der Waals surface area contributed by atoms with E-state index in [-0.39, 0.29) is 35.6 Å². The summed E-state index contributed by atoms with van der Waals surface area (Å²) in [6.45, 7) is 6.64. The molecule has 0 bridgehead atoms. The number of carboxylic acid groups (broad SMARTS) is 3. The SMILES string of the molecule is CCCC/C=C\CCCCCCCC(=O)O.CCCC/C=C\CCCCCCCC(=O)O.CCCC/C=C\CCCCCCCC(=O)O.[La]. The quantitative estimate of drug-likeness (QED) is 0.0449. The van der Waals surface area contributed by atoms with Crippen molar-refractivity contribution in [1.29, 1.82) is 0 Å². The maximum atomic E-state index is 10.3. The number of unbranched alkanes of at least 4 members (excludes halogenated alkanes) is 21. The van der Waals surface area contributed by atoms with Gasteiger partial charge in [0, 0.05) is 54.9 Å². The molecule has 0 aliphatic heterocycles. The van der Waals surface area contributed by atoms with Gasteiger partial charge < -0.3 is 15.3 Å². The van der Waals surface area contributed by atoms with Crippen LogP contribution in [-0.4, -0.2) is 33.2 Å². The van der Waals surface area contributed by atoms with Crippen molar-refractivity contribution in [2.24, 2.45) is 0 Å². The molecule has 0 aromatic carbocycles. The Morgan fingerprint density at radius 3 is 0.714 bits per heavy atom. The smallest absolute Gasteiger partial charge is 0.303 e. The van der Waals surface area contributed by atoms with E-state index in [1.165, 1.54) is 135 Å². The van der Waals surface area contributed by atoms with Crippen molar-refractivity contribution < 1.29 is 65.3 Å². The summed E-state index contributed by atoms with van der Waals surface area (Å²) in [4.78, 5) is 30.8. The van der Waals surface area contributed by atoms with Gasteiger partial charge in [-0.3, -0.25) is 14.4 Å². The third-order valence-electron chi connectivity index (χ3n) is 7.96. The van der Waals surface area contributed by atoms with Gasteiger partial charge in [0.2, 0.25) is 0 Å². The Bertz CT molecular complexity index is 662. The first kappa shape index (κ1) is 54.6. The summed E-state index contributed by atoms with van der Waals surface area (Å²) >= 11 is 0. The molecular formula is C42H78LaO6. The molecule has 1 radical (unpaired) electrons. The molecule has 7 heteroatoms. The van der Waals surface area contributed by atoms with Gasteiger partial charge in [0.05, 0.1) is 0 Å². The fourth-order valence-electron chi connectivity index (χ4n) is 4.88. The van der Waals surface area contributed by atoms with Crippen LogP contribution >= 0.6 is 0 Å². The molecule has 0 aromatic heterocycles. The minimum Gasteiger partial charge on any atom is -0.481 e. The molecule has 0 aliphatic rings. The summed E-state index contributed by atoms with van der Waals surface area (Å²) in [6, 6.07) is 0. The third-order valence-corrected chi connectivity index (χ3v) is 7.96. The molecule has 0 unspecified atom stereocenters. The van der Waals surface area contributed by atoms with Gasteiger partial charge in [-0.1, -0.05) is 154 Å². The number of carboxylic acids is 3. The van der Waals surface area contributed by atoms with Crippen LogP contribution in [0.4, 0.5) is 0 Å². The van der Waals surface area contributed by atoms with Crippen LogP contribution in [0, 0.1) is 35.6 Å². The normalized spacial score (nSPS) is 10.8. The van der Waals surface area contributed by atoms with Gasteiger partial charge >= 0.3 is 17.9 Å². The van der Waals surface area contributed by atoms with Gasteiger partial charge in [-0.05, 0) is 77.0 Å². The zero-order valence-corrected chi connectivity index (χ0v) is 35.9. The summed E-state index contributed by atoms with van der Waals surface area (Å²) in [5, 5.41) is 25.3. The van der Waals surface area contributed by atoms with E-state index in [1.807, 2.05) is 0 Å². The molecule has 0 saturated heterocycles. The van der Waals surface area contributed by atoms with E-state index in [4.69, 9.17) is 15.3 Å². The molecule has 0 fully saturated rings. The monoisotopic (exact) mass is 817 g/mol. The Morgan fingerprint density at radius 1 is 0.327 bits per heavy atom. The Balaban J connectivity index is -0.000000307. The fourth-order valence-corrected chi connectivity index (χ4v) is 4.88. The predicted octanol–water partition coefficient (Wildman–Crippen LogP) is 13.6. The number of hydrogen-bond donors (Lipinski definition) is 3. The number of rotatable bonds is 33. The predicted molar refractivity (Wildman–Crippen MR) is 206 cm³/mol. The fraction of sp³-hybridized carbons (Fsp3) is 0.786. The molecule has 3 N–H and O–H groups in total. The molecule has 0 aromatic rings. The van der Waals surface area contributed by atoms with E-state index in [2.05, 4.69) is 57.2 Å². The molecule has 0 spiro atoms. The van der Waals surface area contributed by atoms with E-state index >= 15 is 0 Å². The summed E-state index contributed by atoms with van der Waals surface area (Å²) in [7, 11) is 0. The second-order valence-electron chi connectivity index (χ2n) is 12.9. The first-order valence-corrected chi connectivity index (χ1v) is 19.9. The molecular weight excluding hydrogens is 739 g/mol. The minimum atomic E-state index is -0.668. The third kappa shape index (κ3) is 65.8. The zero-order chi connectivity index (χ0) is 36.2. The van der Waals surface area contributed by atoms with E-state index in [0.29, 0.717) is 19.3 Å². The summed E-state index contributed by atoms with van der Waals surface area (Å²) < 4.78 is 0. The van der Waals surface area contributed by atoms with Gasteiger partial charge in [-0.25, -0.2) is 0 Å². The van der Waals surface area contributed by atoms with Crippen LogP contribution in [0.25, 0.3) is 0 Å². The second kappa shape index (κ2) is 51.2. The van der Waals surface area contributed by atoms with E-state index in [1.54, 1.807) is 0 Å². The van der Waals surface area contributed by atoms with E-state index < -0.39 is 17.9 Å². The van der Waals surface area contributed by atoms with Crippen LogP contribution in [0.15, 0.2) is 36.5 Å². The van der Waals surface area contributed by atoms with Crippen molar-refractivity contribution in [3.8, 4) is 0 Å². The molecule has 0 saturated carbocycles. The molecule has 0 atom stereocenters. The maximum Gasteiger partial charge on any atom is 0.303 e. The topological polar surface area (TPSA) is 112 Å². The van der Waals surface area contributed by atoms with Crippen LogP contribution in [0.5, 0.6) is 0 Å². The van der Waals surface area contributed by atoms with Crippen molar-refractivity contribution in [1.82, 2.24) is 0 Å². The Kier molecular flexibility index (Phi) is 57.0. The first-order chi connectivity index (χ1) is 23.3. The van der Waals surface area contributed by atoms with Gasteiger partial charge in [-0.2, -0.15) is 0 Å². The maximum absolute atomic E-state index is 10.3. The van der Waals surface area contributed by atoms with Crippen LogP contribution < -0.4 is 0 Å². The summed E-state index contributed by atoms with van der Waals surface area (Å²) in [5.74, 6) is -2.00. The van der Waals surface area contributed by atoms with Crippen molar-refractivity contribution in [2.75, 3.05) is 0 Å². The van der Waals surface area contributed by atoms with Crippen LogP contribution in [-0.2, 0) is 14.4 Å². The van der Waals surface area contributed by atoms with Gasteiger partial charge in [0.15, 0.2) is 0 Å². The Hall–Kier alpha value is -1.18. The van der Waals surface area contributed by atoms with E-state index in [9.17, 15) is 14.4 Å². The van der Waals surface area contributed by atoms with Gasteiger partial charge in [0.1, 0.15) is 0 Å². The molecule has 6 nitrogen and oxygen atoms in total. The first-order valence-electron chi connectivity index (χ1n) is 19.9. The Labute approximate surface area is 331 Å². The van der Waals surface area contributed by atoms with Gasteiger partial charge in [0.25, 0.3) is 0 Å². The standard InChI is InChI=1S/3C14H26O2.La/c3*1-2-3-4-5-6-7-8-9-10-11-12-13-14(15)16;/h3*5-6H,2-4,7-13H2,1H3,(H,15,16);/b3*6-5-;. The largest absolute Gasteiger partial charge is 0.481 e. The molecule has 0 rings (SSSR count). The molecule has 0 amide bonds. The molecule has 0 heterocycles. The summed E-state index contributed by atoms with van der Waals surface area (Å²) in [5.41, 5.74) is 0. The molecule has 0 aliphatic carbocycles. The van der Waals surface area contributed by atoms with Crippen molar-refractivity contribution >= 4 is 17.9 Å². The van der Waals surface area contributed by atoms with Crippen molar-refractivity contribution in [3.63, 3.8) is 0 Å². The van der Waals surface area contributed by atoms with Crippen molar-refractivity contribution in [2.45, 2.75) is 213 Å². The van der Waals surface area contributed by atoms with Crippen LogP contribution in [0.3, 0.4) is 0 Å². The average molecular weight is 818 g/mol. The number of carbonyl (C=O) groups is 3. The number of allylic oxidation sites excluding steroid dienone is 6. The van der Waals surface area contributed by atoms with Crippen molar-refractivity contribution in [3.05, 3.63) is 36.5 Å². The van der Waals surface area contributed by atoms with Crippen LogP contribution in [0.2, 0.25) is 0 Å². The Morgan fingerprint density at radius 2 is 0.510 bits per heavy atom. The van der Waals surface area contributed by atoms with Gasteiger partial charge in [-0.15, -0.1) is 0 Å². The zero-order valence-electron chi connectivity index (χ0n) is 32.3. The minimum absolute atomic E-state index is 0. The second-order valence-corrected chi connectivity index (χ2v) is 12.9. The van der Waals surface area contributed by atoms with E-state index in [0.717, 1.165) is 38.5 Å². The number of aliphatic carboxylic acids is 3.